The van der Waals surface area contributed by atoms with Crippen LogP contribution in [0.4, 0.5) is 24.5 Å². The van der Waals surface area contributed by atoms with Crippen LogP contribution in [0.1, 0.15) is 5.69 Å². The molecule has 0 atom stereocenters. The molecule has 5 nitrogen and oxygen atoms in total. The molecule has 118 valence electrons. The molecule has 0 saturated heterocycles. The summed E-state index contributed by atoms with van der Waals surface area (Å²) in [5.74, 6) is 0. The van der Waals surface area contributed by atoms with Crippen LogP contribution in [0.15, 0.2) is 41.3 Å². The van der Waals surface area contributed by atoms with Gasteiger partial charge in [-0.1, -0.05) is 11.6 Å². The van der Waals surface area contributed by atoms with Crippen molar-refractivity contribution in [3.63, 3.8) is 0 Å². The highest BCUT2D eigenvalue weighted by atomic mass is 35.5. The van der Waals surface area contributed by atoms with Gasteiger partial charge in [-0.25, -0.2) is 13.4 Å². The molecular formula is C12H9ClF3N3O2S. The SMILES string of the molecule is Nc1ccc(S(=O)(=O)Nc2cc(Cl)nc(C(F)(F)F)c2)cc1. The fourth-order valence-corrected chi connectivity index (χ4v) is 2.81. The Labute approximate surface area is 129 Å². The topological polar surface area (TPSA) is 85.1 Å². The first kappa shape index (κ1) is 16.4. The van der Waals surface area contributed by atoms with E-state index in [-0.39, 0.29) is 10.6 Å². The number of halogens is 4. The van der Waals surface area contributed by atoms with Gasteiger partial charge in [0.15, 0.2) is 0 Å². The highest BCUT2D eigenvalue weighted by molar-refractivity contribution is 7.92. The summed E-state index contributed by atoms with van der Waals surface area (Å²) in [4.78, 5) is 2.96. The van der Waals surface area contributed by atoms with Gasteiger partial charge < -0.3 is 5.73 Å². The average Bonchev–Trinajstić information content (AvgIpc) is 2.36. The molecule has 0 saturated carbocycles. The van der Waals surface area contributed by atoms with Crippen LogP contribution in [0.25, 0.3) is 0 Å². The fourth-order valence-electron chi connectivity index (χ4n) is 1.56. The number of benzene rings is 1. The highest BCUT2D eigenvalue weighted by Gasteiger charge is 2.33. The van der Waals surface area contributed by atoms with Crippen LogP contribution in [0.3, 0.4) is 0 Å². The zero-order valence-electron chi connectivity index (χ0n) is 10.7. The summed E-state index contributed by atoms with van der Waals surface area (Å²) >= 11 is 5.49. The van der Waals surface area contributed by atoms with Crippen LogP contribution in [-0.4, -0.2) is 13.4 Å². The summed E-state index contributed by atoms with van der Waals surface area (Å²) in [6.45, 7) is 0. The molecule has 2 aromatic rings. The van der Waals surface area contributed by atoms with Crippen molar-refractivity contribution in [3.8, 4) is 0 Å². The molecule has 3 N–H and O–H groups in total. The summed E-state index contributed by atoms with van der Waals surface area (Å²) in [6, 6.07) is 6.70. The zero-order valence-corrected chi connectivity index (χ0v) is 12.3. The van der Waals surface area contributed by atoms with E-state index in [0.717, 1.165) is 6.07 Å². The van der Waals surface area contributed by atoms with Gasteiger partial charge in [-0.05, 0) is 36.4 Å². The van der Waals surface area contributed by atoms with Gasteiger partial charge in [-0.3, -0.25) is 4.72 Å². The van der Waals surface area contributed by atoms with Crippen LogP contribution < -0.4 is 10.5 Å². The van der Waals surface area contributed by atoms with E-state index < -0.39 is 27.0 Å². The number of nitrogen functional groups attached to an aromatic ring is 1. The molecule has 0 aliphatic heterocycles. The Kier molecular flexibility index (Phi) is 4.21. The first-order valence-electron chi connectivity index (χ1n) is 5.71. The quantitative estimate of drug-likeness (QED) is 0.657. The molecule has 10 heteroatoms. The van der Waals surface area contributed by atoms with Gasteiger partial charge in [0.05, 0.1) is 10.6 Å². The molecule has 1 heterocycles. The number of aromatic nitrogens is 1. The van der Waals surface area contributed by atoms with E-state index in [9.17, 15) is 21.6 Å². The Morgan fingerprint density at radius 2 is 1.73 bits per heavy atom. The van der Waals surface area contributed by atoms with E-state index in [2.05, 4.69) is 4.98 Å². The molecule has 0 unspecified atom stereocenters. The maximum Gasteiger partial charge on any atom is 0.433 e. The Balaban J connectivity index is 2.38. The minimum absolute atomic E-state index is 0.150. The van der Waals surface area contributed by atoms with Crippen molar-refractivity contribution in [1.29, 1.82) is 0 Å². The number of alkyl halides is 3. The first-order valence-corrected chi connectivity index (χ1v) is 7.57. The number of sulfonamides is 1. The summed E-state index contributed by atoms with van der Waals surface area (Å²) in [5, 5.41) is -0.482. The molecule has 22 heavy (non-hydrogen) atoms. The van der Waals surface area contributed by atoms with Gasteiger partial charge in [-0.2, -0.15) is 13.2 Å². The fraction of sp³-hybridized carbons (Fsp3) is 0.0833. The Hall–Kier alpha value is -2.00. The van der Waals surface area contributed by atoms with Crippen LogP contribution in [0, 0.1) is 0 Å². The van der Waals surface area contributed by atoms with Gasteiger partial charge in [0.25, 0.3) is 10.0 Å². The van der Waals surface area contributed by atoms with E-state index in [1.165, 1.54) is 24.3 Å². The molecule has 2 rings (SSSR count). The van der Waals surface area contributed by atoms with E-state index in [1.807, 2.05) is 4.72 Å². The lowest BCUT2D eigenvalue weighted by Gasteiger charge is -2.11. The van der Waals surface area contributed by atoms with Crippen LogP contribution in [-0.2, 0) is 16.2 Å². The number of hydrogen-bond donors (Lipinski definition) is 2. The molecule has 0 aliphatic rings. The van der Waals surface area contributed by atoms with E-state index in [0.29, 0.717) is 11.8 Å². The predicted octanol–water partition coefficient (Wildman–Crippen LogP) is 3.14. The van der Waals surface area contributed by atoms with Crippen molar-refractivity contribution in [1.82, 2.24) is 4.98 Å². The lowest BCUT2D eigenvalue weighted by molar-refractivity contribution is -0.141. The second-order valence-electron chi connectivity index (χ2n) is 4.24. The Bertz CT molecular complexity index is 792. The molecule has 0 radical (unpaired) electrons. The van der Waals surface area contributed by atoms with Gasteiger partial charge in [-0.15, -0.1) is 0 Å². The second-order valence-corrected chi connectivity index (χ2v) is 6.31. The van der Waals surface area contributed by atoms with Crippen molar-refractivity contribution in [2.75, 3.05) is 10.5 Å². The Morgan fingerprint density at radius 1 is 1.14 bits per heavy atom. The number of anilines is 2. The summed E-state index contributed by atoms with van der Waals surface area (Å²) in [6.07, 6.45) is -4.74. The van der Waals surface area contributed by atoms with Gasteiger partial charge in [0.1, 0.15) is 10.8 Å². The number of hydrogen-bond acceptors (Lipinski definition) is 4. The van der Waals surface area contributed by atoms with E-state index in [1.54, 1.807) is 0 Å². The van der Waals surface area contributed by atoms with Crippen molar-refractivity contribution in [2.45, 2.75) is 11.1 Å². The number of nitrogens with zero attached hydrogens (tertiary/aromatic N) is 1. The third-order valence-corrected chi connectivity index (χ3v) is 4.12. The summed E-state index contributed by atoms with van der Waals surface area (Å²) in [5.41, 5.74) is 4.16. The first-order chi connectivity index (χ1) is 10.1. The van der Waals surface area contributed by atoms with Crippen molar-refractivity contribution in [2.24, 2.45) is 0 Å². The minimum Gasteiger partial charge on any atom is -0.399 e. The zero-order chi connectivity index (χ0) is 16.5. The van der Waals surface area contributed by atoms with Crippen molar-refractivity contribution >= 4 is 33.0 Å². The lowest BCUT2D eigenvalue weighted by Crippen LogP contribution is -2.15. The second kappa shape index (κ2) is 5.65. The highest BCUT2D eigenvalue weighted by Crippen LogP contribution is 2.31. The van der Waals surface area contributed by atoms with Crippen LogP contribution in [0.5, 0.6) is 0 Å². The van der Waals surface area contributed by atoms with Gasteiger partial charge in [0.2, 0.25) is 0 Å². The van der Waals surface area contributed by atoms with Crippen molar-refractivity contribution in [3.05, 3.63) is 47.2 Å². The molecule has 0 amide bonds. The maximum atomic E-state index is 12.6. The third-order valence-electron chi connectivity index (χ3n) is 2.53. The van der Waals surface area contributed by atoms with Gasteiger partial charge in [0, 0.05) is 5.69 Å². The molecule has 0 aliphatic carbocycles. The van der Waals surface area contributed by atoms with E-state index >= 15 is 0 Å². The molecule has 1 aromatic heterocycles. The standard InChI is InChI=1S/C12H9ClF3N3O2S/c13-11-6-8(5-10(18-11)12(14,15)16)19-22(20,21)9-3-1-7(17)2-4-9/h1-6H,17H2,(H,18,19). The van der Waals surface area contributed by atoms with Crippen LogP contribution >= 0.6 is 11.6 Å². The maximum absolute atomic E-state index is 12.6. The van der Waals surface area contributed by atoms with E-state index in [4.69, 9.17) is 17.3 Å². The number of nitrogens with one attached hydrogen (secondary N) is 1. The number of pyridine rings is 1. The lowest BCUT2D eigenvalue weighted by atomic mass is 10.3. The predicted molar refractivity (Wildman–Crippen MR) is 75.9 cm³/mol. The minimum atomic E-state index is -4.74. The average molecular weight is 352 g/mol. The summed E-state index contributed by atoms with van der Waals surface area (Å²) < 4.78 is 64.1. The van der Waals surface area contributed by atoms with Crippen molar-refractivity contribution < 1.29 is 21.6 Å². The normalized spacial score (nSPS) is 12.2. The molecule has 0 spiro atoms. The third kappa shape index (κ3) is 3.80. The smallest absolute Gasteiger partial charge is 0.399 e. The molecular weight excluding hydrogens is 343 g/mol. The number of rotatable bonds is 3. The number of nitrogens with two attached hydrogens (primary N) is 1. The Morgan fingerprint density at radius 3 is 2.27 bits per heavy atom. The molecule has 0 bridgehead atoms. The molecule has 1 aromatic carbocycles. The van der Waals surface area contributed by atoms with Crippen LogP contribution in [0.2, 0.25) is 5.15 Å². The largest absolute Gasteiger partial charge is 0.433 e. The van der Waals surface area contributed by atoms with Gasteiger partial charge >= 0.3 is 6.18 Å². The summed E-state index contributed by atoms with van der Waals surface area (Å²) in [7, 11) is -4.07. The monoisotopic (exact) mass is 351 g/mol. The molecule has 0 fully saturated rings.